The lowest BCUT2D eigenvalue weighted by molar-refractivity contribution is 0.172. The van der Waals surface area contributed by atoms with Crippen LogP contribution in [0.5, 0.6) is 17.2 Å². The Hall–Kier alpha value is -3.36. The number of ether oxygens (including phenoxy) is 3. The molecule has 9 heteroatoms. The first-order chi connectivity index (χ1) is 28.8. The van der Waals surface area contributed by atoms with Crippen LogP contribution in [0.1, 0.15) is 153 Å². The molecule has 6 rings (SSSR count). The summed E-state index contributed by atoms with van der Waals surface area (Å²) in [5, 5.41) is 0. The van der Waals surface area contributed by atoms with E-state index >= 15 is 0 Å². The van der Waals surface area contributed by atoms with Crippen molar-refractivity contribution in [2.24, 2.45) is 35.5 Å². The van der Waals surface area contributed by atoms with E-state index in [2.05, 4.69) is 20.8 Å². The number of hydrogen-bond donors (Lipinski definition) is 0. The first-order valence-electron chi connectivity index (χ1n) is 23.1. The van der Waals surface area contributed by atoms with Crippen molar-refractivity contribution in [3.63, 3.8) is 0 Å². The summed E-state index contributed by atoms with van der Waals surface area (Å²) in [5.41, 5.74) is 0.944. The predicted octanol–water partition coefficient (Wildman–Crippen LogP) is 15.8. The summed E-state index contributed by atoms with van der Waals surface area (Å²) in [6, 6.07) is 9.26. The minimum absolute atomic E-state index is 0.0423. The molecular formula is C51H72F6O3. The Balaban J connectivity index is 0.000000199. The Morgan fingerprint density at radius 2 is 0.683 bits per heavy atom. The van der Waals surface area contributed by atoms with Gasteiger partial charge in [0.05, 0.1) is 19.8 Å². The third-order valence-electron chi connectivity index (χ3n) is 13.3. The maximum Gasteiger partial charge on any atom is 0.200 e. The lowest BCUT2D eigenvalue weighted by Gasteiger charge is -2.28. The highest BCUT2D eigenvalue weighted by Gasteiger charge is 2.24. The van der Waals surface area contributed by atoms with Crippen LogP contribution in [-0.2, 0) is 0 Å². The number of aryl methyl sites for hydroxylation is 3. The van der Waals surface area contributed by atoms with E-state index in [9.17, 15) is 26.3 Å². The van der Waals surface area contributed by atoms with Gasteiger partial charge in [0, 0.05) is 0 Å². The summed E-state index contributed by atoms with van der Waals surface area (Å²) in [6.45, 7) is 12.8. The van der Waals surface area contributed by atoms with Crippen LogP contribution in [0.15, 0.2) is 36.4 Å². The molecule has 3 fully saturated rings. The molecule has 0 radical (unpaired) electrons. The molecule has 3 aromatic carbocycles. The molecule has 0 spiro atoms. The Kier molecular flexibility index (Phi) is 21.0. The van der Waals surface area contributed by atoms with Gasteiger partial charge in [0.1, 0.15) is 0 Å². The smallest absolute Gasteiger partial charge is 0.200 e. The molecule has 3 nitrogen and oxygen atoms in total. The Bertz CT molecular complexity index is 1710. The van der Waals surface area contributed by atoms with Gasteiger partial charge in [0.2, 0.25) is 17.5 Å². The van der Waals surface area contributed by atoms with E-state index < -0.39 is 34.9 Å². The minimum atomic E-state index is -0.859. The second-order valence-electron chi connectivity index (χ2n) is 18.0. The van der Waals surface area contributed by atoms with Crippen molar-refractivity contribution in [2.75, 3.05) is 19.8 Å². The molecule has 0 amide bonds. The van der Waals surface area contributed by atoms with Crippen molar-refractivity contribution in [1.82, 2.24) is 0 Å². The second kappa shape index (κ2) is 25.5. The van der Waals surface area contributed by atoms with Crippen molar-refractivity contribution in [2.45, 2.75) is 157 Å². The molecular weight excluding hydrogens is 775 g/mol. The van der Waals surface area contributed by atoms with E-state index in [1.165, 1.54) is 95.2 Å². The van der Waals surface area contributed by atoms with E-state index in [0.29, 0.717) is 54.3 Å². The number of halogens is 6. The molecule has 0 unspecified atom stereocenters. The molecule has 0 bridgehead atoms. The zero-order valence-electron chi connectivity index (χ0n) is 37.3. The summed E-state index contributed by atoms with van der Waals surface area (Å²) >= 11 is 0. The van der Waals surface area contributed by atoms with Gasteiger partial charge in [-0.2, -0.15) is 13.2 Å². The van der Waals surface area contributed by atoms with Gasteiger partial charge in [-0.3, -0.25) is 0 Å². The SMILES string of the molecule is CCC1CCC(COc2ccc(C)c(F)c2F)CC1.CCCC1CCC(COc2ccc(C)c(F)c2F)CC1.CCCCC1CCC(COc2ccc(C)c(F)c2F)CC1. The van der Waals surface area contributed by atoms with Gasteiger partial charge in [0.25, 0.3) is 0 Å². The van der Waals surface area contributed by atoms with Crippen LogP contribution in [0, 0.1) is 91.2 Å². The van der Waals surface area contributed by atoms with Gasteiger partial charge in [-0.05, 0) is 130 Å². The van der Waals surface area contributed by atoms with E-state index in [1.54, 1.807) is 39.0 Å². The Morgan fingerprint density at radius 3 is 0.983 bits per heavy atom. The third kappa shape index (κ3) is 15.2. The molecule has 3 aliphatic rings. The molecule has 0 aromatic heterocycles. The fourth-order valence-corrected chi connectivity index (χ4v) is 8.92. The van der Waals surface area contributed by atoms with Crippen molar-refractivity contribution in [1.29, 1.82) is 0 Å². The summed E-state index contributed by atoms with van der Waals surface area (Å²) in [5.74, 6) is -0.846. The highest BCUT2D eigenvalue weighted by molar-refractivity contribution is 5.32. The summed E-state index contributed by atoms with van der Waals surface area (Å²) < 4.78 is 97.8. The number of unbranched alkanes of at least 4 members (excludes halogenated alkanes) is 1. The summed E-state index contributed by atoms with van der Waals surface area (Å²) in [6.07, 6.45) is 22.0. The first kappa shape index (κ1) is 49.3. The normalized spacial score (nSPS) is 22.8. The van der Waals surface area contributed by atoms with Gasteiger partial charge >= 0.3 is 0 Å². The molecule has 3 aliphatic carbocycles. The van der Waals surface area contributed by atoms with E-state index in [0.717, 1.165) is 56.3 Å². The summed E-state index contributed by atoms with van der Waals surface area (Å²) in [7, 11) is 0. The lowest BCUT2D eigenvalue weighted by Crippen LogP contribution is -2.20. The van der Waals surface area contributed by atoms with E-state index in [-0.39, 0.29) is 17.2 Å². The molecule has 3 saturated carbocycles. The van der Waals surface area contributed by atoms with Crippen LogP contribution in [0.3, 0.4) is 0 Å². The molecule has 0 atom stereocenters. The number of benzene rings is 3. The molecule has 0 saturated heterocycles. The fourth-order valence-electron chi connectivity index (χ4n) is 8.92. The largest absolute Gasteiger partial charge is 0.490 e. The van der Waals surface area contributed by atoms with Crippen LogP contribution in [-0.4, -0.2) is 19.8 Å². The van der Waals surface area contributed by atoms with Crippen molar-refractivity contribution in [3.8, 4) is 17.2 Å². The molecule has 3 aromatic rings. The molecule has 0 N–H and O–H groups in total. The molecule has 0 aliphatic heterocycles. The van der Waals surface area contributed by atoms with Crippen LogP contribution in [0.4, 0.5) is 26.3 Å². The van der Waals surface area contributed by atoms with Gasteiger partial charge < -0.3 is 14.2 Å². The van der Waals surface area contributed by atoms with Crippen molar-refractivity contribution < 1.29 is 40.6 Å². The fraction of sp³-hybridized carbons (Fsp3) is 0.647. The van der Waals surface area contributed by atoms with Crippen LogP contribution in [0.25, 0.3) is 0 Å². The summed E-state index contributed by atoms with van der Waals surface area (Å²) in [4.78, 5) is 0. The van der Waals surface area contributed by atoms with Crippen LogP contribution < -0.4 is 14.2 Å². The lowest BCUT2D eigenvalue weighted by atomic mass is 9.80. The van der Waals surface area contributed by atoms with Gasteiger partial charge in [0.15, 0.2) is 34.7 Å². The van der Waals surface area contributed by atoms with E-state index in [4.69, 9.17) is 14.2 Å². The topological polar surface area (TPSA) is 27.7 Å². The average Bonchev–Trinajstić information content (AvgIpc) is 3.27. The number of hydrogen-bond acceptors (Lipinski definition) is 3. The van der Waals surface area contributed by atoms with E-state index in [1.807, 2.05) is 0 Å². The standard InChI is InChI=1S/C18H26F2O.C17H24F2O.C16H22F2O/c1-3-4-5-14-7-9-15(10-8-14)12-21-16-11-6-13(2)17(19)18(16)20;1-3-4-13-6-8-14(9-7-13)11-20-15-10-5-12(2)16(18)17(15)19;1-3-12-5-7-13(8-6-12)10-19-14-9-4-11(2)15(17)16(14)18/h6,11,14-15H,3-5,7-10,12H2,1-2H3;5,10,13-14H,3-4,6-9,11H2,1-2H3;4,9,12-13H,3,5-8,10H2,1-2H3. The Morgan fingerprint density at radius 1 is 0.383 bits per heavy atom. The van der Waals surface area contributed by atoms with Crippen LogP contribution in [0.2, 0.25) is 0 Å². The maximum absolute atomic E-state index is 13.7. The molecule has 336 valence electrons. The maximum atomic E-state index is 13.7. The minimum Gasteiger partial charge on any atom is -0.490 e. The molecule has 60 heavy (non-hydrogen) atoms. The molecule has 0 heterocycles. The number of rotatable bonds is 15. The third-order valence-corrected chi connectivity index (χ3v) is 13.3. The first-order valence-corrected chi connectivity index (χ1v) is 23.1. The monoisotopic (exact) mass is 847 g/mol. The van der Waals surface area contributed by atoms with Crippen molar-refractivity contribution in [3.05, 3.63) is 88.0 Å². The highest BCUT2D eigenvalue weighted by atomic mass is 19.2. The van der Waals surface area contributed by atoms with Crippen molar-refractivity contribution >= 4 is 0 Å². The zero-order chi connectivity index (χ0) is 43.6. The zero-order valence-corrected chi connectivity index (χ0v) is 37.3. The van der Waals surface area contributed by atoms with Gasteiger partial charge in [-0.15, -0.1) is 0 Å². The Labute approximate surface area is 357 Å². The second-order valence-corrected chi connectivity index (χ2v) is 18.0. The van der Waals surface area contributed by atoms with Gasteiger partial charge in [-0.1, -0.05) is 116 Å². The van der Waals surface area contributed by atoms with Gasteiger partial charge in [-0.25, -0.2) is 13.2 Å². The van der Waals surface area contributed by atoms with Crippen LogP contribution >= 0.6 is 0 Å². The predicted molar refractivity (Wildman–Crippen MR) is 231 cm³/mol. The highest BCUT2D eigenvalue weighted by Crippen LogP contribution is 2.35. The quantitative estimate of drug-likeness (QED) is 0.143. The average molecular weight is 847 g/mol.